The van der Waals surface area contributed by atoms with E-state index in [-0.39, 0.29) is 18.1 Å². The summed E-state index contributed by atoms with van der Waals surface area (Å²) in [5.74, 6) is -0.290. The summed E-state index contributed by atoms with van der Waals surface area (Å²) < 4.78 is 4.95. The molecule has 3 heteroatoms. The molecule has 0 bridgehead atoms. The van der Waals surface area contributed by atoms with E-state index in [0.717, 1.165) is 0 Å². The van der Waals surface area contributed by atoms with Gasteiger partial charge in [-0.15, -0.1) is 0 Å². The van der Waals surface area contributed by atoms with Gasteiger partial charge in [-0.2, -0.15) is 0 Å². The molecular formula is C9H17NO2. The maximum atomic E-state index is 11.1. The van der Waals surface area contributed by atoms with Gasteiger partial charge >= 0.3 is 5.97 Å². The van der Waals surface area contributed by atoms with Crippen LogP contribution in [-0.4, -0.2) is 18.1 Å². The zero-order valence-corrected chi connectivity index (χ0v) is 8.13. The molecule has 0 aliphatic carbocycles. The van der Waals surface area contributed by atoms with E-state index in [4.69, 9.17) is 10.5 Å². The molecule has 1 unspecified atom stereocenters. The van der Waals surface area contributed by atoms with Gasteiger partial charge < -0.3 is 10.5 Å². The van der Waals surface area contributed by atoms with Gasteiger partial charge in [0.05, 0.1) is 6.10 Å². The van der Waals surface area contributed by atoms with Crippen LogP contribution in [0.25, 0.3) is 0 Å². The van der Waals surface area contributed by atoms with Crippen LogP contribution >= 0.6 is 0 Å². The molecule has 0 saturated heterocycles. The van der Waals surface area contributed by atoms with Crippen molar-refractivity contribution in [1.82, 2.24) is 0 Å². The van der Waals surface area contributed by atoms with Gasteiger partial charge in [0.15, 0.2) is 0 Å². The van der Waals surface area contributed by atoms with E-state index in [1.807, 2.05) is 20.8 Å². The van der Waals surface area contributed by atoms with Crippen molar-refractivity contribution in [3.63, 3.8) is 0 Å². The zero-order chi connectivity index (χ0) is 9.72. The van der Waals surface area contributed by atoms with E-state index < -0.39 is 0 Å². The number of hydrogen-bond acceptors (Lipinski definition) is 3. The van der Waals surface area contributed by atoms with Gasteiger partial charge in [-0.3, -0.25) is 0 Å². The van der Waals surface area contributed by atoms with E-state index in [9.17, 15) is 4.79 Å². The molecule has 0 radical (unpaired) electrons. The first-order valence-electron chi connectivity index (χ1n) is 4.08. The molecule has 1 atom stereocenters. The second-order valence-corrected chi connectivity index (χ2v) is 3.16. The molecule has 0 aromatic heterocycles. The van der Waals surface area contributed by atoms with Crippen molar-refractivity contribution in [2.75, 3.05) is 0 Å². The molecule has 0 aromatic rings. The van der Waals surface area contributed by atoms with Gasteiger partial charge in [0, 0.05) is 11.6 Å². The largest absolute Gasteiger partial charge is 0.460 e. The standard InChI is InChI=1S/C9H17NO2/c1-6(2)12-9(11)7(3)5-8(4)10/h5-6,8H,10H2,1-4H3. The first kappa shape index (κ1) is 11.2. The van der Waals surface area contributed by atoms with Crippen molar-refractivity contribution in [3.8, 4) is 0 Å². The summed E-state index contributed by atoms with van der Waals surface area (Å²) in [6, 6.07) is -0.107. The maximum Gasteiger partial charge on any atom is 0.333 e. The molecule has 0 amide bonds. The molecule has 0 saturated carbocycles. The van der Waals surface area contributed by atoms with Crippen LogP contribution in [0.3, 0.4) is 0 Å². The predicted octanol–water partition coefficient (Wildman–Crippen LogP) is 1.23. The van der Waals surface area contributed by atoms with Crippen molar-refractivity contribution >= 4 is 5.97 Å². The Morgan fingerprint density at radius 3 is 2.25 bits per heavy atom. The zero-order valence-electron chi connectivity index (χ0n) is 8.13. The van der Waals surface area contributed by atoms with Gasteiger partial charge in [-0.1, -0.05) is 6.08 Å². The minimum Gasteiger partial charge on any atom is -0.460 e. The van der Waals surface area contributed by atoms with Crippen molar-refractivity contribution < 1.29 is 9.53 Å². The number of carbonyl (C=O) groups excluding carboxylic acids is 1. The van der Waals surface area contributed by atoms with E-state index in [2.05, 4.69) is 0 Å². The summed E-state index contributed by atoms with van der Waals surface area (Å²) in [4.78, 5) is 11.1. The third-order valence-electron chi connectivity index (χ3n) is 1.18. The molecule has 0 aliphatic rings. The minimum absolute atomic E-state index is 0.0751. The van der Waals surface area contributed by atoms with Crippen LogP contribution in [-0.2, 0) is 9.53 Å². The number of ether oxygens (including phenoxy) is 1. The van der Waals surface area contributed by atoms with E-state index in [1.165, 1.54) is 0 Å². The third kappa shape index (κ3) is 4.91. The average Bonchev–Trinajstić information content (AvgIpc) is 1.84. The molecule has 0 aromatic carbocycles. The van der Waals surface area contributed by atoms with Crippen LogP contribution in [0.5, 0.6) is 0 Å². The Morgan fingerprint density at radius 2 is 1.92 bits per heavy atom. The molecule has 12 heavy (non-hydrogen) atoms. The highest BCUT2D eigenvalue weighted by Crippen LogP contribution is 2.00. The average molecular weight is 171 g/mol. The normalized spacial score (nSPS) is 14.7. The fraction of sp³-hybridized carbons (Fsp3) is 0.667. The highest BCUT2D eigenvalue weighted by Gasteiger charge is 2.07. The Morgan fingerprint density at radius 1 is 1.42 bits per heavy atom. The predicted molar refractivity (Wildman–Crippen MR) is 48.6 cm³/mol. The topological polar surface area (TPSA) is 52.3 Å². The van der Waals surface area contributed by atoms with Crippen LogP contribution in [0, 0.1) is 0 Å². The summed E-state index contributed by atoms with van der Waals surface area (Å²) in [5, 5.41) is 0. The lowest BCUT2D eigenvalue weighted by molar-refractivity contribution is -0.142. The summed E-state index contributed by atoms with van der Waals surface area (Å²) >= 11 is 0. The Balaban J connectivity index is 4.10. The first-order valence-corrected chi connectivity index (χ1v) is 4.08. The molecule has 0 fully saturated rings. The SMILES string of the molecule is CC(=CC(C)N)C(=O)OC(C)C. The summed E-state index contributed by atoms with van der Waals surface area (Å²) in [7, 11) is 0. The highest BCUT2D eigenvalue weighted by molar-refractivity contribution is 5.87. The molecule has 0 aliphatic heterocycles. The van der Waals surface area contributed by atoms with Crippen LogP contribution in [0.2, 0.25) is 0 Å². The minimum atomic E-state index is -0.290. The summed E-state index contributed by atoms with van der Waals surface area (Å²) in [6.45, 7) is 7.15. The summed E-state index contributed by atoms with van der Waals surface area (Å²) in [5.41, 5.74) is 6.05. The van der Waals surface area contributed by atoms with Crippen LogP contribution < -0.4 is 5.73 Å². The molecule has 70 valence electrons. The van der Waals surface area contributed by atoms with E-state index in [0.29, 0.717) is 5.57 Å². The quantitative estimate of drug-likeness (QED) is 0.513. The monoisotopic (exact) mass is 171 g/mol. The van der Waals surface area contributed by atoms with Crippen molar-refractivity contribution in [2.45, 2.75) is 39.8 Å². The molecular weight excluding hydrogens is 154 g/mol. The lowest BCUT2D eigenvalue weighted by Gasteiger charge is -2.08. The Kier molecular flexibility index (Phi) is 4.59. The van der Waals surface area contributed by atoms with Gasteiger partial charge in [-0.05, 0) is 27.7 Å². The Labute approximate surface area is 73.6 Å². The maximum absolute atomic E-state index is 11.1. The number of nitrogens with two attached hydrogens (primary N) is 1. The van der Waals surface area contributed by atoms with Gasteiger partial charge in [0.1, 0.15) is 0 Å². The fourth-order valence-corrected chi connectivity index (χ4v) is 0.769. The first-order chi connectivity index (χ1) is 5.43. The molecule has 0 heterocycles. The van der Waals surface area contributed by atoms with Gasteiger partial charge in [-0.25, -0.2) is 4.79 Å². The number of hydrogen-bond donors (Lipinski definition) is 1. The number of rotatable bonds is 3. The van der Waals surface area contributed by atoms with Crippen LogP contribution in [0.15, 0.2) is 11.6 Å². The van der Waals surface area contributed by atoms with E-state index >= 15 is 0 Å². The van der Waals surface area contributed by atoms with Crippen LogP contribution in [0.1, 0.15) is 27.7 Å². The highest BCUT2D eigenvalue weighted by atomic mass is 16.5. The third-order valence-corrected chi connectivity index (χ3v) is 1.18. The summed E-state index contributed by atoms with van der Waals surface area (Å²) in [6.07, 6.45) is 1.61. The number of carbonyl (C=O) groups is 1. The molecule has 0 rings (SSSR count). The van der Waals surface area contributed by atoms with Crippen molar-refractivity contribution in [3.05, 3.63) is 11.6 Å². The van der Waals surface area contributed by atoms with Gasteiger partial charge in [0.25, 0.3) is 0 Å². The Hall–Kier alpha value is -0.830. The van der Waals surface area contributed by atoms with Gasteiger partial charge in [0.2, 0.25) is 0 Å². The lowest BCUT2D eigenvalue weighted by Crippen LogP contribution is -2.16. The second kappa shape index (κ2) is 4.93. The van der Waals surface area contributed by atoms with Crippen molar-refractivity contribution in [2.24, 2.45) is 5.73 Å². The molecule has 3 nitrogen and oxygen atoms in total. The van der Waals surface area contributed by atoms with E-state index in [1.54, 1.807) is 13.0 Å². The number of esters is 1. The molecule has 2 N–H and O–H groups in total. The van der Waals surface area contributed by atoms with Crippen LogP contribution in [0.4, 0.5) is 0 Å². The lowest BCUT2D eigenvalue weighted by atomic mass is 10.2. The molecule has 0 spiro atoms. The smallest absolute Gasteiger partial charge is 0.333 e. The second-order valence-electron chi connectivity index (χ2n) is 3.16. The Bertz CT molecular complexity index is 183. The fourth-order valence-electron chi connectivity index (χ4n) is 0.769. The van der Waals surface area contributed by atoms with Crippen molar-refractivity contribution in [1.29, 1.82) is 0 Å².